The fourth-order valence-electron chi connectivity index (χ4n) is 0. The third-order valence-corrected chi connectivity index (χ3v) is 0. The molecule has 0 aliphatic rings. The third kappa shape index (κ3) is 0. The summed E-state index contributed by atoms with van der Waals surface area (Å²) in [5, 5.41) is 0. The highest BCUT2D eigenvalue weighted by molar-refractivity contribution is 3.92. The van der Waals surface area contributed by atoms with Gasteiger partial charge in [-0.1, -0.05) is 331 Å². The molecule has 0 spiro atoms. The second kappa shape index (κ2) is 24900. The van der Waals surface area contributed by atoms with E-state index in [1.165, 1.54) is 12.8 Å². The van der Waals surface area contributed by atoms with Crippen molar-refractivity contribution in [3.63, 3.8) is 0 Å². The summed E-state index contributed by atoms with van der Waals surface area (Å²) in [6.07, 6.45) is 2.50. The lowest BCUT2D eigenvalue weighted by Gasteiger charge is -1.48. The molecule has 0 unspecified atom stereocenters. The van der Waals surface area contributed by atoms with Crippen LogP contribution in [0.3, 0.4) is 0 Å². The minimum absolute atomic E-state index is 1.25. The van der Waals surface area contributed by atoms with E-state index in [-0.39, 0.29) is 0 Å². The van der Waals surface area contributed by atoms with Gasteiger partial charge in [-0.25, -0.2) is 0 Å². The van der Waals surface area contributed by atoms with Gasteiger partial charge < -0.3 is 0 Å². The van der Waals surface area contributed by atoms with Crippen LogP contribution in [0, 0.1) is 0 Å². The van der Waals surface area contributed by atoms with Crippen molar-refractivity contribution < 1.29 is 0 Å². The zero-order valence-electron chi connectivity index (χ0n) is 47.4. The summed E-state index contributed by atoms with van der Waals surface area (Å²) in [5.41, 5.74) is 0. The van der Waals surface area contributed by atoms with Gasteiger partial charge in [0.15, 0.2) is 0 Å². The van der Waals surface area contributed by atoms with Gasteiger partial charge in [-0.15, -0.1) is 0 Å². The van der Waals surface area contributed by atoms with Gasteiger partial charge in [0.05, 0.1) is 0 Å². The molecule has 0 saturated heterocycles. The van der Waals surface area contributed by atoms with Crippen LogP contribution in [0.15, 0.2) is 0 Å². The van der Waals surface area contributed by atoms with Gasteiger partial charge in [0.25, 0.3) is 0 Å². The van der Waals surface area contributed by atoms with Gasteiger partial charge in [-0.3, -0.25) is 0 Å². The first-order valence-corrected chi connectivity index (χ1v) is 23.8. The molecule has 0 fully saturated rings. The van der Waals surface area contributed by atoms with Gasteiger partial charge in [-0.2, -0.15) is 0 Å². The average Bonchev–Trinajstić information content (AvgIpc) is 3.30. The Balaban J connectivity index is -0.00000000649. The predicted octanol–water partition coefficient (Wildman–Crippen LogP) is 24.4. The van der Waals surface area contributed by atoms with Crippen LogP contribution >= 0.6 is 0 Å². The molecule has 48 heavy (non-hydrogen) atoms. The van der Waals surface area contributed by atoms with Gasteiger partial charge in [0.1, 0.15) is 0 Å². The summed E-state index contributed by atoms with van der Waals surface area (Å²) < 4.78 is 0. The van der Waals surface area contributed by atoms with Gasteiger partial charge in [0.2, 0.25) is 0 Å². The molecule has 0 aromatic rings. The summed E-state index contributed by atoms with van der Waals surface area (Å²) in [6, 6.07) is 0. The van der Waals surface area contributed by atoms with Crippen LogP contribution in [-0.4, -0.2) is 0 Å². The van der Waals surface area contributed by atoms with Crippen molar-refractivity contribution in [2.45, 2.75) is 331 Å². The molecule has 0 bridgehead atoms. The summed E-state index contributed by atoms with van der Waals surface area (Å²) in [5.74, 6) is 0. The molecule has 0 aliphatic carbocycles. The van der Waals surface area contributed by atoms with Crippen LogP contribution in [0.4, 0.5) is 0 Å². The molecule has 0 nitrogen and oxygen atoms in total. The van der Waals surface area contributed by atoms with Crippen LogP contribution in [0.1, 0.15) is 331 Å². The van der Waals surface area contributed by atoms with Crippen LogP contribution in [0.2, 0.25) is 0 Å². The largest absolute Gasteiger partial charge is 0.0683 e. The van der Waals surface area contributed by atoms with Crippen molar-refractivity contribution in [2.75, 3.05) is 0 Å². The Morgan fingerprint density at radius 1 is 0.104 bits per heavy atom. The van der Waals surface area contributed by atoms with Crippen molar-refractivity contribution in [2.24, 2.45) is 0 Å². The summed E-state index contributed by atoms with van der Waals surface area (Å²) in [7, 11) is 0. The molecule has 0 heteroatoms. The average molecular weight is 720 g/mol. The van der Waals surface area contributed by atoms with E-state index in [0.29, 0.717) is 0 Å². The molecule has 0 rings (SSSR count). The lowest BCUT2D eigenvalue weighted by atomic mass is 10.6. The van der Waals surface area contributed by atoms with Crippen molar-refractivity contribution in [3.8, 4) is 0 Å². The minimum Gasteiger partial charge on any atom is -0.0683 e. The molecule has 0 N–H and O–H groups in total. The molecule has 0 heterocycles. The van der Waals surface area contributed by atoms with Gasteiger partial charge in [-0.05, 0) is 0 Å². The SMILES string of the molecule is CC.CC.CC.CC.CC.CC.CC.CC.CC.CC.CC.CC.CC.CC.CC.CC.CC.CC.CC.CC.CC.CCC.CCC. The second-order valence-corrected chi connectivity index (χ2v) is 1.41. The van der Waals surface area contributed by atoms with E-state index in [1.54, 1.807) is 0 Å². The van der Waals surface area contributed by atoms with Gasteiger partial charge >= 0.3 is 0 Å². The van der Waals surface area contributed by atoms with Crippen molar-refractivity contribution >= 4 is 0 Å². The topological polar surface area (TPSA) is 0 Å². The Labute approximate surface area is 330 Å². The maximum atomic E-state index is 2.12. The number of rotatable bonds is 0. The highest BCUT2D eigenvalue weighted by Crippen LogP contribution is 1.56. The number of hydrogen-bond acceptors (Lipinski definition) is 0. The molecule has 0 aromatic heterocycles. The van der Waals surface area contributed by atoms with Crippen molar-refractivity contribution in [1.29, 1.82) is 0 Å². The molecule has 334 valence electrons. The Bertz CT molecular complexity index is 2.00. The quantitative estimate of drug-likeness (QED) is 0.234. The smallest absolute Gasteiger partial charge is 0.0590 e. The first-order valence-electron chi connectivity index (χ1n) is 23.8. The molecule has 0 aromatic carbocycles. The lowest BCUT2D eigenvalue weighted by molar-refractivity contribution is 1.09. The zero-order valence-corrected chi connectivity index (χ0v) is 47.4. The fraction of sp³-hybridized carbons (Fsp3) is 1.00. The highest BCUT2D eigenvalue weighted by Gasteiger charge is 1.36. The summed E-state index contributed by atoms with van der Waals surface area (Å²) in [4.78, 5) is 0. The van der Waals surface area contributed by atoms with Crippen LogP contribution in [0.25, 0.3) is 0 Å². The first kappa shape index (κ1) is 170. The predicted molar refractivity (Wildman–Crippen MR) is 270 cm³/mol. The minimum atomic E-state index is 1.25. The van der Waals surface area contributed by atoms with E-state index in [4.69, 9.17) is 0 Å². The van der Waals surface area contributed by atoms with Crippen LogP contribution in [0.5, 0.6) is 0 Å². The molecule has 0 amide bonds. The van der Waals surface area contributed by atoms with Crippen LogP contribution < -0.4 is 0 Å². The first-order chi connectivity index (χ1) is 23.8. The second-order valence-electron chi connectivity index (χ2n) is 1.41. The molecular formula is C48H142. The zero-order chi connectivity index (χ0) is 47.4. The van der Waals surface area contributed by atoms with Gasteiger partial charge in [0, 0.05) is 0 Å². The molecular weight excluding hydrogens is 577 g/mol. The van der Waals surface area contributed by atoms with E-state index in [1.807, 2.05) is 291 Å². The molecule has 0 radical (unpaired) electrons. The maximum Gasteiger partial charge on any atom is -0.0590 e. The Morgan fingerprint density at radius 2 is 0.104 bits per heavy atom. The standard InChI is InChI=1S/2C3H8.21C2H6/c2*1-3-2;21*1-2/h2*3H2,1-2H3;21*1-2H3. The van der Waals surface area contributed by atoms with E-state index < -0.39 is 0 Å². The third-order valence-electron chi connectivity index (χ3n) is 0. The monoisotopic (exact) mass is 719 g/mol. The summed E-state index contributed by atoms with van der Waals surface area (Å²) in [6.45, 7) is 92.5. The van der Waals surface area contributed by atoms with Crippen molar-refractivity contribution in [3.05, 3.63) is 0 Å². The van der Waals surface area contributed by atoms with E-state index >= 15 is 0 Å². The molecule has 0 aliphatic heterocycles. The lowest BCUT2D eigenvalue weighted by Crippen LogP contribution is -1.27. The fourth-order valence-corrected chi connectivity index (χ4v) is 0. The molecule has 0 atom stereocenters. The normalized spacial score (nSPS) is 3.38. The summed E-state index contributed by atoms with van der Waals surface area (Å²) >= 11 is 0. The Hall–Kier alpha value is 0. The Kier molecular flexibility index (Phi) is 87900. The maximum absolute atomic E-state index is 2.12. The molecule has 0 saturated carbocycles. The Morgan fingerprint density at radius 3 is 0.104 bits per heavy atom. The highest BCUT2D eigenvalue weighted by atomic mass is 13.4. The van der Waals surface area contributed by atoms with E-state index in [2.05, 4.69) is 27.7 Å². The van der Waals surface area contributed by atoms with E-state index in [0.717, 1.165) is 0 Å². The van der Waals surface area contributed by atoms with Crippen LogP contribution in [-0.2, 0) is 0 Å². The van der Waals surface area contributed by atoms with Crippen molar-refractivity contribution in [1.82, 2.24) is 0 Å². The number of hydrogen-bond donors (Lipinski definition) is 0. The van der Waals surface area contributed by atoms with E-state index in [9.17, 15) is 0 Å².